The van der Waals surface area contributed by atoms with Gasteiger partial charge in [0.05, 0.1) is 6.20 Å². The predicted octanol–water partition coefficient (Wildman–Crippen LogP) is 0.735. The molecule has 5 heavy (non-hydrogen) atoms. The second-order valence-corrected chi connectivity index (χ2v) is 3.35. The van der Waals surface area contributed by atoms with Crippen molar-refractivity contribution in [2.24, 2.45) is 0 Å². The first-order chi connectivity index (χ1) is 1.73. The van der Waals surface area contributed by atoms with Crippen molar-refractivity contribution >= 4 is 30.7 Å². The average molecular weight is 176 g/mol. The number of rotatable bonds is 0. The summed E-state index contributed by atoms with van der Waals surface area (Å²) in [5, 5.41) is 0. The van der Waals surface area contributed by atoms with Crippen LogP contribution in [0.5, 0.6) is 0 Å². The van der Waals surface area contributed by atoms with Crippen LogP contribution in [-0.2, 0) is 48.5 Å². The molecule has 0 unspecified atom stereocenters. The van der Waals surface area contributed by atoms with E-state index in [-0.39, 0.29) is 19.5 Å². The van der Waals surface area contributed by atoms with Crippen molar-refractivity contribution in [3.63, 3.8) is 0 Å². The van der Waals surface area contributed by atoms with E-state index >= 15 is 0 Å². The molecule has 0 rings (SSSR count). The molecule has 0 bridgehead atoms. The Balaban J connectivity index is 0. The van der Waals surface area contributed by atoms with Crippen LogP contribution in [0.4, 0.5) is 0 Å². The van der Waals surface area contributed by atoms with E-state index in [1.165, 1.54) is 0 Å². The molecule has 0 aromatic heterocycles. The van der Waals surface area contributed by atoms with Crippen LogP contribution in [0.3, 0.4) is 0 Å². The van der Waals surface area contributed by atoms with Crippen molar-refractivity contribution in [1.82, 2.24) is 0 Å². The van der Waals surface area contributed by atoms with Crippen LogP contribution < -0.4 is 0 Å². The molecule has 0 saturated carbocycles. The van der Waals surface area contributed by atoms with Gasteiger partial charge in [-0.15, -0.1) is 4.57 Å². The second-order valence-electron chi connectivity index (χ2n) is 0.224. The molecule has 5 heteroatoms. The van der Waals surface area contributed by atoms with Crippen LogP contribution >= 0.6 is 6.20 Å². The normalized spacial score (nSPS) is 5.20. The van der Waals surface area contributed by atoms with E-state index in [0.717, 1.165) is 0 Å². The Morgan fingerprint density at radius 2 is 1.40 bits per heavy atom. The van der Waals surface area contributed by atoms with E-state index in [9.17, 15) is 4.57 Å². The van der Waals surface area contributed by atoms with Gasteiger partial charge in [0.2, 0.25) is 0 Å². The van der Waals surface area contributed by atoms with E-state index in [4.69, 9.17) is 0 Å². The molecule has 0 aromatic rings. The van der Waals surface area contributed by atoms with Gasteiger partial charge in [0.1, 0.15) is 0 Å². The molecule has 1 nitrogen and oxygen atoms in total. The molecule has 0 N–H and O–H groups in total. The Morgan fingerprint density at radius 1 is 1.40 bits per heavy atom. The van der Waals surface area contributed by atoms with Gasteiger partial charge in [-0.05, 0) is 0 Å². The molecule has 0 fully saturated rings. The van der Waals surface area contributed by atoms with Gasteiger partial charge in [-0.2, -0.15) is 0 Å². The van der Waals surface area contributed by atoms with Crippen molar-refractivity contribution in [3.8, 4) is 0 Å². The minimum Gasteiger partial charge on any atom is -0.471 e. The standard InChI is InChI=1S/HOPS2.Zn/c1-2(3)4;/h(H,1,3,4);/q;+2/p-1. The predicted molar refractivity (Wildman–Crippen MR) is 22.3 cm³/mol. The summed E-state index contributed by atoms with van der Waals surface area (Å²) in [4.78, 5) is 0. The van der Waals surface area contributed by atoms with Crippen LogP contribution in [0.1, 0.15) is 0 Å². The summed E-state index contributed by atoms with van der Waals surface area (Å²) in [6.45, 7) is 0. The summed E-state index contributed by atoms with van der Waals surface area (Å²) in [5.74, 6) is 0. The molecule has 24 valence electrons. The monoisotopic (exact) mass is 175 g/mol. The van der Waals surface area contributed by atoms with Crippen molar-refractivity contribution < 1.29 is 24.0 Å². The van der Waals surface area contributed by atoms with Crippen molar-refractivity contribution in [1.29, 1.82) is 0 Å². The number of hydrogen-bond acceptors (Lipinski definition) is 3. The Labute approximate surface area is 54.8 Å². The Hall–Kier alpha value is 1.42. The van der Waals surface area contributed by atoms with E-state index in [0.29, 0.717) is 0 Å². The molecule has 0 radical (unpaired) electrons. The second kappa shape index (κ2) is 5.42. The van der Waals surface area contributed by atoms with Gasteiger partial charge in [-0.25, -0.2) is 0 Å². The van der Waals surface area contributed by atoms with Gasteiger partial charge in [0.15, 0.2) is 0 Å². The Morgan fingerprint density at radius 3 is 1.40 bits per heavy atom. The minimum atomic E-state index is -1.70. The first-order valence-electron chi connectivity index (χ1n) is 0.548. The summed E-state index contributed by atoms with van der Waals surface area (Å²) in [7, 11) is 0. The average Bonchev–Trinajstić information content (AvgIpc) is 0.811. The maximum atomic E-state index is 9.22. The third-order valence-electron chi connectivity index (χ3n) is 0. The molecular formula is OPS2Zn+. The van der Waals surface area contributed by atoms with Gasteiger partial charge >= 0.3 is 19.5 Å². The van der Waals surface area contributed by atoms with Crippen LogP contribution in [0.25, 0.3) is 0 Å². The molecular weight excluding hydrogens is 176 g/mol. The molecule has 0 atom stereocenters. The van der Waals surface area contributed by atoms with Crippen LogP contribution in [0, 0.1) is 0 Å². The molecule has 0 saturated heterocycles. The zero-order valence-corrected chi connectivity index (χ0v) is 7.87. The Kier molecular flexibility index (Phi) is 10.5. The molecule has 0 amide bonds. The minimum absolute atomic E-state index is 0. The van der Waals surface area contributed by atoms with Gasteiger partial charge in [-0.3, -0.25) is 0 Å². The van der Waals surface area contributed by atoms with Crippen molar-refractivity contribution in [3.05, 3.63) is 0 Å². The maximum Gasteiger partial charge on any atom is 2.00 e. The summed E-state index contributed by atoms with van der Waals surface area (Å²) < 4.78 is 9.22. The smallest absolute Gasteiger partial charge is 0.471 e. The summed E-state index contributed by atoms with van der Waals surface area (Å²) in [6, 6.07) is 0. The van der Waals surface area contributed by atoms with Crippen molar-refractivity contribution in [2.45, 2.75) is 0 Å². The number of hydrogen-bond donors (Lipinski definition) is 0. The first kappa shape index (κ1) is 9.66. The van der Waals surface area contributed by atoms with Crippen LogP contribution in [-0.4, -0.2) is 0 Å². The van der Waals surface area contributed by atoms with Crippen molar-refractivity contribution in [2.75, 3.05) is 0 Å². The summed E-state index contributed by atoms with van der Waals surface area (Å²) in [5.41, 5.74) is 0. The first-order valence-corrected chi connectivity index (χ1v) is 3.83. The molecule has 0 aromatic carbocycles. The SMILES string of the molecule is O=[P+]([S-])[S-].[Zn+2]. The fraction of sp³-hybridized carbons (Fsp3) is 0. The third-order valence-corrected chi connectivity index (χ3v) is 0. The summed E-state index contributed by atoms with van der Waals surface area (Å²) >= 11 is 7.89. The van der Waals surface area contributed by atoms with E-state index < -0.39 is 6.20 Å². The molecule has 0 aliphatic rings. The fourth-order valence-corrected chi connectivity index (χ4v) is 0. The molecule has 0 aliphatic carbocycles. The summed E-state index contributed by atoms with van der Waals surface area (Å²) in [6.07, 6.45) is -1.70. The van der Waals surface area contributed by atoms with E-state index in [1.54, 1.807) is 0 Å². The largest absolute Gasteiger partial charge is 2.00 e. The Bertz CT molecular complexity index is 32.6. The van der Waals surface area contributed by atoms with Gasteiger partial charge in [0.25, 0.3) is 0 Å². The van der Waals surface area contributed by atoms with Gasteiger partial charge in [0, 0.05) is 0 Å². The third kappa shape index (κ3) is 31.4. The van der Waals surface area contributed by atoms with Gasteiger partial charge < -0.3 is 24.5 Å². The molecule has 0 spiro atoms. The molecule has 0 heterocycles. The molecule has 0 aliphatic heterocycles. The zero-order chi connectivity index (χ0) is 3.58. The quantitative estimate of drug-likeness (QED) is 0.308. The van der Waals surface area contributed by atoms with Gasteiger partial charge in [-0.1, -0.05) is 0 Å². The zero-order valence-electron chi connectivity index (χ0n) is 2.38. The topological polar surface area (TPSA) is 17.1 Å². The van der Waals surface area contributed by atoms with E-state index in [1.807, 2.05) is 0 Å². The fourth-order valence-electron chi connectivity index (χ4n) is 0. The van der Waals surface area contributed by atoms with Crippen LogP contribution in [0.15, 0.2) is 0 Å². The van der Waals surface area contributed by atoms with E-state index in [2.05, 4.69) is 24.5 Å². The van der Waals surface area contributed by atoms with Crippen LogP contribution in [0.2, 0.25) is 0 Å². The maximum absolute atomic E-state index is 9.22.